The number of carbonyl (C=O) groups excluding carboxylic acids is 2. The number of aliphatic hydroxyl groups excluding tert-OH is 1. The van der Waals surface area contributed by atoms with Crippen LogP contribution in [0, 0.1) is 12.7 Å². The summed E-state index contributed by atoms with van der Waals surface area (Å²) >= 11 is 0. The number of nitrogens with zero attached hydrogens (tertiary/aromatic N) is 3. The van der Waals surface area contributed by atoms with Crippen molar-refractivity contribution in [2.24, 2.45) is 5.73 Å². The summed E-state index contributed by atoms with van der Waals surface area (Å²) in [6, 6.07) is 7.88. The number of aromatic nitrogens is 1. The number of aryl methyl sites for hydroxylation is 1. The highest BCUT2D eigenvalue weighted by Crippen LogP contribution is 2.22. The smallest absolute Gasteiger partial charge is 0.323 e. The van der Waals surface area contributed by atoms with Gasteiger partial charge in [-0.25, -0.2) is 9.18 Å². The zero-order valence-corrected chi connectivity index (χ0v) is 18.9. The van der Waals surface area contributed by atoms with Crippen molar-refractivity contribution in [3.8, 4) is 0 Å². The van der Waals surface area contributed by atoms with Gasteiger partial charge < -0.3 is 21.5 Å². The molecule has 2 aromatic rings. The third-order valence-corrected chi connectivity index (χ3v) is 5.68. The van der Waals surface area contributed by atoms with E-state index < -0.39 is 24.0 Å². The van der Waals surface area contributed by atoms with E-state index in [1.165, 1.54) is 12.3 Å². The number of urea groups is 1. The summed E-state index contributed by atoms with van der Waals surface area (Å²) in [5.74, 6) is -0.917. The summed E-state index contributed by atoms with van der Waals surface area (Å²) in [7, 11) is 0. The van der Waals surface area contributed by atoms with Gasteiger partial charge in [-0.3, -0.25) is 19.6 Å². The molecule has 1 aliphatic rings. The van der Waals surface area contributed by atoms with E-state index in [1.54, 1.807) is 24.3 Å². The lowest BCUT2D eigenvalue weighted by Gasteiger charge is -2.42. The first-order chi connectivity index (χ1) is 15.7. The molecule has 1 aliphatic heterocycles. The van der Waals surface area contributed by atoms with Crippen LogP contribution in [0.15, 0.2) is 36.5 Å². The van der Waals surface area contributed by atoms with Crippen molar-refractivity contribution >= 4 is 23.3 Å². The molecule has 10 heteroatoms. The van der Waals surface area contributed by atoms with Crippen LogP contribution in [0.25, 0.3) is 0 Å². The summed E-state index contributed by atoms with van der Waals surface area (Å²) in [6.45, 7) is 6.06. The first-order valence-electron chi connectivity index (χ1n) is 11.0. The lowest BCUT2D eigenvalue weighted by molar-refractivity contribution is -0.120. The molecule has 0 bridgehead atoms. The summed E-state index contributed by atoms with van der Waals surface area (Å²) < 4.78 is 15.1. The lowest BCUT2D eigenvalue weighted by Crippen LogP contribution is -2.55. The van der Waals surface area contributed by atoms with E-state index in [4.69, 9.17) is 5.73 Å². The Morgan fingerprint density at radius 1 is 1.27 bits per heavy atom. The fourth-order valence-electron chi connectivity index (χ4n) is 3.94. The summed E-state index contributed by atoms with van der Waals surface area (Å²) in [4.78, 5) is 31.4. The maximum atomic E-state index is 15.1. The molecule has 9 nitrogen and oxygen atoms in total. The second-order valence-corrected chi connectivity index (χ2v) is 8.35. The molecule has 0 saturated carbocycles. The van der Waals surface area contributed by atoms with Gasteiger partial charge in [0.15, 0.2) is 5.82 Å². The monoisotopic (exact) mass is 458 g/mol. The number of amides is 3. The van der Waals surface area contributed by atoms with Gasteiger partial charge in [-0.1, -0.05) is 12.1 Å². The molecule has 3 rings (SSSR count). The highest BCUT2D eigenvalue weighted by molar-refractivity contribution is 5.99. The van der Waals surface area contributed by atoms with Crippen LogP contribution < -0.4 is 16.4 Å². The Kier molecular flexibility index (Phi) is 8.32. The number of primary amides is 1. The number of aliphatic hydroxyl groups is 1. The largest absolute Gasteiger partial charge is 0.378 e. The zero-order chi connectivity index (χ0) is 24.0. The van der Waals surface area contributed by atoms with E-state index in [1.807, 2.05) is 18.7 Å². The molecule has 33 heavy (non-hydrogen) atoms. The molecule has 0 aliphatic carbocycles. The third-order valence-electron chi connectivity index (χ3n) is 5.68. The van der Waals surface area contributed by atoms with Gasteiger partial charge in [-0.15, -0.1) is 0 Å². The quantitative estimate of drug-likeness (QED) is 0.481. The molecule has 1 unspecified atom stereocenters. The third kappa shape index (κ3) is 6.95. The van der Waals surface area contributed by atoms with Crippen molar-refractivity contribution in [1.29, 1.82) is 0 Å². The van der Waals surface area contributed by atoms with E-state index in [9.17, 15) is 14.7 Å². The maximum absolute atomic E-state index is 15.1. The Balaban J connectivity index is 1.56. The van der Waals surface area contributed by atoms with Crippen LogP contribution in [-0.2, 0) is 11.3 Å². The second kappa shape index (κ2) is 11.2. The Hall–Kier alpha value is -3.08. The lowest BCUT2D eigenvalue weighted by atomic mass is 10.1. The minimum absolute atomic E-state index is 0.0277. The first kappa shape index (κ1) is 24.6. The van der Waals surface area contributed by atoms with Crippen LogP contribution in [0.3, 0.4) is 0 Å². The fourth-order valence-corrected chi connectivity index (χ4v) is 3.94. The van der Waals surface area contributed by atoms with E-state index in [-0.39, 0.29) is 18.2 Å². The van der Waals surface area contributed by atoms with E-state index >= 15 is 4.39 Å². The number of hydrogen-bond acceptors (Lipinski definition) is 6. The first-order valence-corrected chi connectivity index (χ1v) is 11.0. The molecule has 1 fully saturated rings. The summed E-state index contributed by atoms with van der Waals surface area (Å²) in [5.41, 5.74) is 7.08. The second-order valence-electron chi connectivity index (χ2n) is 8.35. The molecule has 1 aromatic heterocycles. The van der Waals surface area contributed by atoms with Gasteiger partial charge in [0.2, 0.25) is 5.91 Å². The van der Waals surface area contributed by atoms with Crippen LogP contribution in [-0.4, -0.2) is 63.7 Å². The molecule has 2 atom stereocenters. The number of pyridine rings is 1. The Morgan fingerprint density at radius 2 is 2.06 bits per heavy atom. The van der Waals surface area contributed by atoms with Crippen molar-refractivity contribution in [2.45, 2.75) is 45.5 Å². The molecule has 0 spiro atoms. The number of nitrogens with two attached hydrogens (primary N) is 1. The highest BCUT2D eigenvalue weighted by atomic mass is 19.1. The van der Waals surface area contributed by atoms with Crippen LogP contribution in [0.4, 0.5) is 20.6 Å². The molecule has 3 amide bonds. The average molecular weight is 459 g/mol. The summed E-state index contributed by atoms with van der Waals surface area (Å²) in [5, 5.41) is 15.5. The molecule has 1 aromatic carbocycles. The molecule has 2 heterocycles. The SMILES string of the molecule is Cc1ccc(NC(=O)Nc2cccc(CN3CCN(C(O)CCC(N)=O)[C@H](C)C3)c2F)cn1. The van der Waals surface area contributed by atoms with Gasteiger partial charge in [0.25, 0.3) is 0 Å². The van der Waals surface area contributed by atoms with Crippen LogP contribution in [0.2, 0.25) is 0 Å². The number of piperazine rings is 1. The van der Waals surface area contributed by atoms with Gasteiger partial charge in [0, 0.05) is 49.9 Å². The average Bonchev–Trinajstić information content (AvgIpc) is 2.76. The Morgan fingerprint density at radius 3 is 2.73 bits per heavy atom. The van der Waals surface area contributed by atoms with Crippen molar-refractivity contribution in [1.82, 2.24) is 14.8 Å². The van der Waals surface area contributed by atoms with E-state index in [0.29, 0.717) is 43.9 Å². The number of rotatable bonds is 8. The van der Waals surface area contributed by atoms with Gasteiger partial charge in [0.1, 0.15) is 6.23 Å². The van der Waals surface area contributed by atoms with Crippen LogP contribution >= 0.6 is 0 Å². The molecule has 5 N–H and O–H groups in total. The molecular formula is C23H31FN6O3. The van der Waals surface area contributed by atoms with Crippen molar-refractivity contribution in [3.63, 3.8) is 0 Å². The summed E-state index contributed by atoms with van der Waals surface area (Å²) in [6.07, 6.45) is 1.23. The van der Waals surface area contributed by atoms with Gasteiger partial charge in [-0.2, -0.15) is 0 Å². The number of benzene rings is 1. The minimum atomic E-state index is -0.735. The van der Waals surface area contributed by atoms with Crippen molar-refractivity contribution in [2.75, 3.05) is 30.3 Å². The van der Waals surface area contributed by atoms with Crippen molar-refractivity contribution < 1.29 is 19.1 Å². The van der Waals surface area contributed by atoms with Gasteiger partial charge >= 0.3 is 6.03 Å². The number of nitrogens with one attached hydrogen (secondary N) is 2. The number of hydrogen-bond donors (Lipinski definition) is 4. The predicted molar refractivity (Wildman–Crippen MR) is 124 cm³/mol. The Bertz CT molecular complexity index is 971. The van der Waals surface area contributed by atoms with E-state index in [0.717, 1.165) is 5.69 Å². The Labute approximate surface area is 192 Å². The highest BCUT2D eigenvalue weighted by Gasteiger charge is 2.29. The van der Waals surface area contributed by atoms with E-state index in [2.05, 4.69) is 20.5 Å². The number of anilines is 2. The molecule has 178 valence electrons. The normalized spacial score (nSPS) is 18.0. The molecule has 0 radical (unpaired) electrons. The minimum Gasteiger partial charge on any atom is -0.378 e. The van der Waals surface area contributed by atoms with Gasteiger partial charge in [0.05, 0.1) is 17.6 Å². The van der Waals surface area contributed by atoms with Crippen molar-refractivity contribution in [3.05, 3.63) is 53.6 Å². The number of halogens is 1. The van der Waals surface area contributed by atoms with Gasteiger partial charge in [-0.05, 0) is 38.5 Å². The van der Waals surface area contributed by atoms with Crippen LogP contribution in [0.1, 0.15) is 31.0 Å². The standard InChI is InChI=1S/C23H31FN6O3/c1-15-6-7-18(12-26-15)27-23(33)28-19-5-3-4-17(22(19)24)14-29-10-11-30(16(2)13-29)21(32)9-8-20(25)31/h3-7,12,16,21,32H,8-11,13-14H2,1-2H3,(H2,25,31)(H2,27,28,33)/t16-,21?/m1/s1. The molecular weight excluding hydrogens is 427 g/mol. The maximum Gasteiger partial charge on any atom is 0.323 e. The van der Waals surface area contributed by atoms with Crippen LogP contribution in [0.5, 0.6) is 0 Å². The number of carbonyl (C=O) groups is 2. The predicted octanol–water partition coefficient (Wildman–Crippen LogP) is 2.26. The molecule has 1 saturated heterocycles. The topological polar surface area (TPSA) is 124 Å². The fraction of sp³-hybridized carbons (Fsp3) is 0.435. The zero-order valence-electron chi connectivity index (χ0n) is 18.9.